The average Bonchev–Trinajstić information content (AvgIpc) is 3.12. The molecule has 290 valence electrons. The number of Topliss-reactive ketones (excluding diaryl/α,β-unsaturated/α-hetero) is 1. The van der Waals surface area contributed by atoms with E-state index in [0.29, 0.717) is 25.0 Å². The van der Waals surface area contributed by atoms with Crippen LogP contribution in [0.2, 0.25) is 0 Å². The maximum absolute atomic E-state index is 13.8. The molecule has 1 aromatic rings. The minimum atomic E-state index is -1.37. The molecular formula is C37H57N5O10. The van der Waals surface area contributed by atoms with Crippen molar-refractivity contribution in [2.45, 2.75) is 116 Å². The van der Waals surface area contributed by atoms with Gasteiger partial charge in [0.2, 0.25) is 29.4 Å². The van der Waals surface area contributed by atoms with E-state index in [1.165, 1.54) is 12.1 Å². The number of benzene rings is 1. The van der Waals surface area contributed by atoms with E-state index in [2.05, 4.69) is 26.6 Å². The maximum atomic E-state index is 13.8. The van der Waals surface area contributed by atoms with Gasteiger partial charge in [-0.1, -0.05) is 83.7 Å². The SMILES string of the molecule is CCCC(NC(=O)[C@H](CC(C)C)NC(=O)[C@@H](NC(=O)CCC(C)COCO)C1CCCCC1)C(=O)C(=O)NCC(=O)N[C@H](C(=O)O)c1ccccc1. The Morgan fingerprint density at radius 2 is 1.48 bits per heavy atom. The zero-order valence-corrected chi connectivity index (χ0v) is 30.8. The van der Waals surface area contributed by atoms with Crippen molar-refractivity contribution < 1.29 is 48.5 Å². The zero-order valence-electron chi connectivity index (χ0n) is 30.8. The smallest absolute Gasteiger partial charge is 0.330 e. The number of hydrogen-bond acceptors (Lipinski definition) is 9. The molecule has 0 saturated heterocycles. The third-order valence-corrected chi connectivity index (χ3v) is 8.95. The van der Waals surface area contributed by atoms with Gasteiger partial charge in [-0.3, -0.25) is 28.8 Å². The van der Waals surface area contributed by atoms with Crippen LogP contribution < -0.4 is 26.6 Å². The van der Waals surface area contributed by atoms with E-state index in [4.69, 9.17) is 9.84 Å². The molecule has 1 fully saturated rings. The molecule has 7 N–H and O–H groups in total. The lowest BCUT2D eigenvalue weighted by Crippen LogP contribution is -2.58. The lowest BCUT2D eigenvalue weighted by molar-refractivity contribution is -0.142. The second-order valence-electron chi connectivity index (χ2n) is 13.9. The second kappa shape index (κ2) is 23.2. The van der Waals surface area contributed by atoms with Crippen molar-refractivity contribution in [1.29, 1.82) is 0 Å². The van der Waals surface area contributed by atoms with Gasteiger partial charge in [-0.15, -0.1) is 0 Å². The molecule has 1 aliphatic carbocycles. The molecule has 5 atom stereocenters. The van der Waals surface area contributed by atoms with Crippen molar-refractivity contribution in [1.82, 2.24) is 26.6 Å². The molecule has 0 radical (unpaired) electrons. The van der Waals surface area contributed by atoms with Crippen LogP contribution in [0.1, 0.15) is 104 Å². The Morgan fingerprint density at radius 3 is 2.08 bits per heavy atom. The highest BCUT2D eigenvalue weighted by Crippen LogP contribution is 2.27. The van der Waals surface area contributed by atoms with Crippen LogP contribution in [0.15, 0.2) is 30.3 Å². The van der Waals surface area contributed by atoms with Gasteiger partial charge >= 0.3 is 5.97 Å². The summed E-state index contributed by atoms with van der Waals surface area (Å²) in [5.41, 5.74) is 0.322. The van der Waals surface area contributed by atoms with Gasteiger partial charge in [0.1, 0.15) is 18.9 Å². The maximum Gasteiger partial charge on any atom is 0.330 e. The van der Waals surface area contributed by atoms with Crippen LogP contribution in [0, 0.1) is 17.8 Å². The van der Waals surface area contributed by atoms with Crippen molar-refractivity contribution in [2.24, 2.45) is 17.8 Å². The molecule has 1 saturated carbocycles. The number of carboxylic acid groups (broad SMARTS) is 1. The molecule has 1 aliphatic rings. The van der Waals surface area contributed by atoms with Gasteiger partial charge in [0, 0.05) is 6.42 Å². The number of aliphatic hydroxyl groups is 1. The highest BCUT2D eigenvalue weighted by atomic mass is 16.6. The van der Waals surface area contributed by atoms with E-state index in [9.17, 15) is 38.7 Å². The summed E-state index contributed by atoms with van der Waals surface area (Å²) in [6.45, 7) is 6.61. The summed E-state index contributed by atoms with van der Waals surface area (Å²) < 4.78 is 5.01. The standard InChI is InChI=1S/C37H57N5O10/c1-5-12-27(33(46)36(49)38-20-30(45)42-32(37(50)51)26-15-10-7-11-16-26)39-34(47)28(19-23(2)3)40-35(48)31(25-13-8-6-9-14-25)41-29(44)18-17-24(4)21-52-22-43/h7,10-11,15-16,23-25,27-28,31-32,43H,5-6,8-9,12-14,17-22H2,1-4H3,(H,38,49)(H,39,47)(H,40,48)(H,41,44)(H,42,45)(H,50,51)/t24?,27?,28-,31-,32-/m0/s1. The Bertz CT molecular complexity index is 1340. The topological polar surface area (TPSA) is 229 Å². The minimum Gasteiger partial charge on any atom is -0.479 e. The normalized spacial score (nSPS) is 16.0. The number of nitrogens with one attached hydrogen (secondary N) is 5. The fourth-order valence-corrected chi connectivity index (χ4v) is 6.17. The third kappa shape index (κ3) is 15.5. The number of carbonyl (C=O) groups is 7. The van der Waals surface area contributed by atoms with Gasteiger partial charge in [-0.05, 0) is 55.4 Å². The fraction of sp³-hybridized carbons (Fsp3) is 0.649. The van der Waals surface area contributed by atoms with E-state index < -0.39 is 72.9 Å². The first-order valence-corrected chi connectivity index (χ1v) is 18.2. The van der Waals surface area contributed by atoms with Gasteiger partial charge < -0.3 is 41.5 Å². The van der Waals surface area contributed by atoms with E-state index >= 15 is 0 Å². The number of aliphatic carboxylic acids is 1. The predicted molar refractivity (Wildman–Crippen MR) is 191 cm³/mol. The number of hydrogen-bond donors (Lipinski definition) is 7. The number of carbonyl (C=O) groups excluding carboxylic acids is 6. The second-order valence-corrected chi connectivity index (χ2v) is 13.9. The Kier molecular flexibility index (Phi) is 19.6. The van der Waals surface area contributed by atoms with E-state index in [0.717, 1.165) is 32.1 Å². The van der Waals surface area contributed by atoms with Gasteiger partial charge in [-0.2, -0.15) is 0 Å². The Hall–Kier alpha value is -4.37. The van der Waals surface area contributed by atoms with Crippen LogP contribution >= 0.6 is 0 Å². The molecule has 5 amide bonds. The van der Waals surface area contributed by atoms with Crippen molar-refractivity contribution in [3.8, 4) is 0 Å². The first-order chi connectivity index (χ1) is 24.8. The molecule has 2 unspecified atom stereocenters. The molecule has 2 rings (SSSR count). The highest BCUT2D eigenvalue weighted by Gasteiger charge is 2.35. The van der Waals surface area contributed by atoms with E-state index in [-0.39, 0.29) is 42.9 Å². The largest absolute Gasteiger partial charge is 0.479 e. The van der Waals surface area contributed by atoms with Crippen LogP contribution in [0.3, 0.4) is 0 Å². The predicted octanol–water partition coefficient (Wildman–Crippen LogP) is 1.88. The van der Waals surface area contributed by atoms with Crippen molar-refractivity contribution >= 4 is 41.3 Å². The summed E-state index contributed by atoms with van der Waals surface area (Å²) in [6.07, 6.45) is 5.71. The molecule has 15 heteroatoms. The highest BCUT2D eigenvalue weighted by molar-refractivity contribution is 6.38. The number of ether oxygens (including phenoxy) is 1. The van der Waals surface area contributed by atoms with Gasteiger partial charge in [0.15, 0.2) is 6.04 Å². The minimum absolute atomic E-state index is 0.0147. The van der Waals surface area contributed by atoms with Crippen LogP contribution in [-0.2, 0) is 38.3 Å². The monoisotopic (exact) mass is 731 g/mol. The Balaban J connectivity index is 2.10. The van der Waals surface area contributed by atoms with Crippen molar-refractivity contribution in [2.75, 3.05) is 19.9 Å². The average molecular weight is 732 g/mol. The zero-order chi connectivity index (χ0) is 38.6. The third-order valence-electron chi connectivity index (χ3n) is 8.95. The summed E-state index contributed by atoms with van der Waals surface area (Å²) >= 11 is 0. The molecule has 0 aliphatic heterocycles. The van der Waals surface area contributed by atoms with Gasteiger partial charge in [0.25, 0.3) is 5.91 Å². The molecule has 1 aromatic carbocycles. The summed E-state index contributed by atoms with van der Waals surface area (Å²) in [5, 5.41) is 31.3. The van der Waals surface area contributed by atoms with Gasteiger partial charge in [-0.25, -0.2) is 4.79 Å². The summed E-state index contributed by atoms with van der Waals surface area (Å²) in [6, 6.07) is 3.42. The summed E-state index contributed by atoms with van der Waals surface area (Å²) in [4.78, 5) is 90.7. The molecular weight excluding hydrogens is 674 g/mol. The molecule has 0 aromatic heterocycles. The quantitative estimate of drug-likeness (QED) is 0.0639. The number of aliphatic hydroxyl groups excluding tert-OH is 1. The number of ketones is 1. The number of carboxylic acids is 1. The lowest BCUT2D eigenvalue weighted by atomic mass is 9.83. The number of rotatable bonds is 23. The molecule has 15 nitrogen and oxygen atoms in total. The molecule has 0 bridgehead atoms. The molecule has 0 heterocycles. The lowest BCUT2D eigenvalue weighted by Gasteiger charge is -2.32. The van der Waals surface area contributed by atoms with Gasteiger partial charge in [0.05, 0.1) is 19.2 Å². The Morgan fingerprint density at radius 1 is 0.827 bits per heavy atom. The number of amides is 5. The molecule has 0 spiro atoms. The summed E-state index contributed by atoms with van der Waals surface area (Å²) in [7, 11) is 0. The summed E-state index contributed by atoms with van der Waals surface area (Å²) in [5.74, 6) is -5.91. The van der Waals surface area contributed by atoms with Crippen molar-refractivity contribution in [3.05, 3.63) is 35.9 Å². The molecule has 52 heavy (non-hydrogen) atoms. The van der Waals surface area contributed by atoms with Crippen LogP contribution in [0.4, 0.5) is 0 Å². The Labute approximate surface area is 305 Å². The first-order valence-electron chi connectivity index (χ1n) is 18.2. The van der Waals surface area contributed by atoms with E-state index in [1.807, 2.05) is 20.8 Å². The first kappa shape index (κ1) is 43.8. The van der Waals surface area contributed by atoms with Crippen LogP contribution in [0.25, 0.3) is 0 Å². The van der Waals surface area contributed by atoms with E-state index in [1.54, 1.807) is 25.1 Å². The van der Waals surface area contributed by atoms with Crippen molar-refractivity contribution in [3.63, 3.8) is 0 Å². The van der Waals surface area contributed by atoms with Crippen LogP contribution in [-0.4, -0.2) is 89.6 Å². The van der Waals surface area contributed by atoms with Crippen LogP contribution in [0.5, 0.6) is 0 Å². The fourth-order valence-electron chi connectivity index (χ4n) is 6.17.